The summed E-state index contributed by atoms with van der Waals surface area (Å²) in [4.78, 5) is 12.8. The van der Waals surface area contributed by atoms with Crippen LogP contribution in [0, 0.1) is 23.2 Å². The third-order valence-corrected chi connectivity index (χ3v) is 7.88. The van der Waals surface area contributed by atoms with Crippen LogP contribution in [0.3, 0.4) is 0 Å². The van der Waals surface area contributed by atoms with E-state index in [0.717, 1.165) is 56.0 Å². The summed E-state index contributed by atoms with van der Waals surface area (Å²) in [6, 6.07) is 5.49. The Morgan fingerprint density at radius 1 is 1.11 bits per heavy atom. The summed E-state index contributed by atoms with van der Waals surface area (Å²) in [5.41, 5.74) is 0.902. The summed E-state index contributed by atoms with van der Waals surface area (Å²) in [5, 5.41) is 7.04. The van der Waals surface area contributed by atoms with Crippen molar-refractivity contribution < 1.29 is 9.53 Å². The lowest BCUT2D eigenvalue weighted by Gasteiger charge is -2.56. The minimum atomic E-state index is -0.0471. The molecule has 0 spiro atoms. The molecule has 4 aliphatic carbocycles. The number of carbonyl (C=O) groups excluding carboxylic acids is 1. The van der Waals surface area contributed by atoms with Gasteiger partial charge in [-0.1, -0.05) is 11.6 Å². The van der Waals surface area contributed by atoms with Gasteiger partial charge in [0.05, 0.1) is 10.6 Å². The van der Waals surface area contributed by atoms with E-state index >= 15 is 0 Å². The third kappa shape index (κ3) is 3.78. The van der Waals surface area contributed by atoms with Crippen molar-refractivity contribution in [2.45, 2.75) is 57.5 Å². The molecular formula is C23H31ClN2O2. The van der Waals surface area contributed by atoms with Gasteiger partial charge in [0.15, 0.2) is 0 Å². The lowest BCUT2D eigenvalue weighted by Crippen LogP contribution is -2.51. The van der Waals surface area contributed by atoms with E-state index in [-0.39, 0.29) is 12.0 Å². The molecule has 1 saturated heterocycles. The number of hydrogen-bond acceptors (Lipinski definition) is 3. The van der Waals surface area contributed by atoms with E-state index < -0.39 is 0 Å². The van der Waals surface area contributed by atoms with Crippen molar-refractivity contribution in [3.8, 4) is 5.75 Å². The zero-order valence-electron chi connectivity index (χ0n) is 16.5. The monoisotopic (exact) mass is 402 g/mol. The van der Waals surface area contributed by atoms with Gasteiger partial charge in [0.2, 0.25) is 0 Å². The van der Waals surface area contributed by atoms with Gasteiger partial charge in [-0.15, -0.1) is 0 Å². The van der Waals surface area contributed by atoms with Gasteiger partial charge in [-0.05, 0) is 106 Å². The molecule has 5 fully saturated rings. The predicted octanol–water partition coefficient (Wildman–Crippen LogP) is 4.42. The zero-order chi connectivity index (χ0) is 19.1. The first-order valence-electron chi connectivity index (χ1n) is 11.0. The van der Waals surface area contributed by atoms with E-state index in [2.05, 4.69) is 10.6 Å². The SMILES string of the molecule is O=C(NCC12CC3CC(CC(C3)C1)C2)c1ccc(OC2CCNCC2)cc1Cl. The molecule has 1 aromatic rings. The van der Waals surface area contributed by atoms with Gasteiger partial charge in [-0.2, -0.15) is 0 Å². The van der Waals surface area contributed by atoms with Crippen LogP contribution in [-0.4, -0.2) is 31.6 Å². The van der Waals surface area contributed by atoms with Gasteiger partial charge in [0.25, 0.3) is 5.91 Å². The average Bonchev–Trinajstić information content (AvgIpc) is 2.66. The molecule has 4 saturated carbocycles. The topological polar surface area (TPSA) is 50.4 Å². The molecule has 6 rings (SSSR count). The molecule has 1 heterocycles. The maximum atomic E-state index is 12.8. The molecule has 0 unspecified atom stereocenters. The molecular weight excluding hydrogens is 372 g/mol. The third-order valence-electron chi connectivity index (χ3n) is 7.56. The van der Waals surface area contributed by atoms with Crippen molar-refractivity contribution in [3.63, 3.8) is 0 Å². The first-order valence-corrected chi connectivity index (χ1v) is 11.4. The highest BCUT2D eigenvalue weighted by Gasteiger charge is 2.50. The highest BCUT2D eigenvalue weighted by molar-refractivity contribution is 6.34. The second-order valence-electron chi connectivity index (χ2n) is 9.81. The molecule has 1 aromatic carbocycles. The Bertz CT molecular complexity index is 709. The summed E-state index contributed by atoms with van der Waals surface area (Å²) in [6.45, 7) is 2.78. The normalized spacial score (nSPS) is 34.4. The van der Waals surface area contributed by atoms with E-state index in [9.17, 15) is 4.79 Å². The summed E-state index contributed by atoms with van der Waals surface area (Å²) < 4.78 is 6.04. The van der Waals surface area contributed by atoms with Crippen LogP contribution in [0.4, 0.5) is 0 Å². The molecule has 2 N–H and O–H groups in total. The maximum Gasteiger partial charge on any atom is 0.252 e. The van der Waals surface area contributed by atoms with Crippen LogP contribution in [0.5, 0.6) is 5.75 Å². The van der Waals surface area contributed by atoms with Crippen molar-refractivity contribution in [1.82, 2.24) is 10.6 Å². The van der Waals surface area contributed by atoms with E-state index in [1.54, 1.807) is 6.07 Å². The van der Waals surface area contributed by atoms with Crippen LogP contribution >= 0.6 is 11.6 Å². The van der Waals surface area contributed by atoms with Crippen molar-refractivity contribution in [2.75, 3.05) is 19.6 Å². The van der Waals surface area contributed by atoms with E-state index in [0.29, 0.717) is 16.0 Å². The number of rotatable bonds is 5. The molecule has 28 heavy (non-hydrogen) atoms. The Morgan fingerprint density at radius 2 is 1.75 bits per heavy atom. The molecule has 0 radical (unpaired) electrons. The van der Waals surface area contributed by atoms with E-state index in [1.807, 2.05) is 12.1 Å². The van der Waals surface area contributed by atoms with E-state index in [4.69, 9.17) is 16.3 Å². The summed E-state index contributed by atoms with van der Waals surface area (Å²) >= 11 is 6.44. The minimum Gasteiger partial charge on any atom is -0.490 e. The number of carbonyl (C=O) groups is 1. The van der Waals surface area contributed by atoms with Gasteiger partial charge in [0, 0.05) is 6.54 Å². The number of halogens is 1. The highest BCUT2D eigenvalue weighted by Crippen LogP contribution is 2.59. The number of amides is 1. The summed E-state index contributed by atoms with van der Waals surface area (Å²) in [6.07, 6.45) is 10.4. The van der Waals surface area contributed by atoms with Gasteiger partial charge in [-0.25, -0.2) is 0 Å². The smallest absolute Gasteiger partial charge is 0.252 e. The minimum absolute atomic E-state index is 0.0471. The van der Waals surface area contributed by atoms with Crippen LogP contribution in [0.25, 0.3) is 0 Å². The highest BCUT2D eigenvalue weighted by atomic mass is 35.5. The lowest BCUT2D eigenvalue weighted by atomic mass is 9.49. The molecule has 1 amide bonds. The van der Waals surface area contributed by atoms with Gasteiger partial charge in [0.1, 0.15) is 11.9 Å². The number of ether oxygens (including phenoxy) is 1. The Kier molecular flexibility index (Phi) is 5.04. The fourth-order valence-electron chi connectivity index (χ4n) is 6.73. The molecule has 0 atom stereocenters. The zero-order valence-corrected chi connectivity index (χ0v) is 17.3. The van der Waals surface area contributed by atoms with Crippen LogP contribution in [-0.2, 0) is 0 Å². The molecule has 1 aliphatic heterocycles. The van der Waals surface area contributed by atoms with Gasteiger partial charge in [-0.3, -0.25) is 4.79 Å². The number of nitrogens with one attached hydrogen (secondary N) is 2. The fraction of sp³-hybridized carbons (Fsp3) is 0.696. The van der Waals surface area contributed by atoms with Crippen molar-refractivity contribution in [3.05, 3.63) is 28.8 Å². The standard InChI is InChI=1S/C23H31ClN2O2/c24-21-10-19(28-18-3-5-25-6-4-18)1-2-20(21)22(27)26-14-23-11-15-7-16(12-23)9-17(8-15)13-23/h1-2,10,15-18,25H,3-9,11-14H2,(H,26,27). The average molecular weight is 403 g/mol. The Labute approximate surface area is 172 Å². The van der Waals surface area contributed by atoms with Crippen LogP contribution in [0.15, 0.2) is 18.2 Å². The maximum absolute atomic E-state index is 12.8. The summed E-state index contributed by atoms with van der Waals surface area (Å²) in [5.74, 6) is 3.41. The number of hydrogen-bond donors (Lipinski definition) is 2. The largest absolute Gasteiger partial charge is 0.490 e. The fourth-order valence-corrected chi connectivity index (χ4v) is 6.98. The van der Waals surface area contributed by atoms with Crippen LogP contribution < -0.4 is 15.4 Å². The molecule has 152 valence electrons. The quantitative estimate of drug-likeness (QED) is 0.766. The molecule has 0 aromatic heterocycles. The Hall–Kier alpha value is -1.26. The Morgan fingerprint density at radius 3 is 2.36 bits per heavy atom. The second-order valence-corrected chi connectivity index (χ2v) is 10.2. The van der Waals surface area contributed by atoms with E-state index in [1.165, 1.54) is 38.5 Å². The number of piperidine rings is 1. The summed E-state index contributed by atoms with van der Waals surface area (Å²) in [7, 11) is 0. The Balaban J connectivity index is 1.21. The van der Waals surface area contributed by atoms with Crippen molar-refractivity contribution in [1.29, 1.82) is 0 Å². The molecule has 4 bridgehead atoms. The molecule has 5 heteroatoms. The first-order chi connectivity index (χ1) is 13.6. The van der Waals surface area contributed by atoms with Gasteiger partial charge < -0.3 is 15.4 Å². The predicted molar refractivity (Wildman–Crippen MR) is 111 cm³/mol. The van der Waals surface area contributed by atoms with Crippen LogP contribution in [0.1, 0.15) is 61.7 Å². The molecule has 5 aliphatic rings. The van der Waals surface area contributed by atoms with Crippen molar-refractivity contribution >= 4 is 17.5 Å². The molecule has 4 nitrogen and oxygen atoms in total. The van der Waals surface area contributed by atoms with Crippen LogP contribution in [0.2, 0.25) is 5.02 Å². The first kappa shape index (κ1) is 18.7. The second kappa shape index (κ2) is 7.53. The number of benzene rings is 1. The van der Waals surface area contributed by atoms with Crippen molar-refractivity contribution in [2.24, 2.45) is 23.2 Å². The lowest BCUT2D eigenvalue weighted by molar-refractivity contribution is -0.0503. The van der Waals surface area contributed by atoms with Gasteiger partial charge >= 0.3 is 0 Å².